The first-order valence-electron chi connectivity index (χ1n) is 14.1. The van der Waals surface area contributed by atoms with Gasteiger partial charge in [-0.3, -0.25) is 9.78 Å². The van der Waals surface area contributed by atoms with E-state index in [4.69, 9.17) is 21.1 Å². The van der Waals surface area contributed by atoms with Gasteiger partial charge in [0.15, 0.2) is 0 Å². The molecule has 1 heterocycles. The molecule has 258 valence electrons. The minimum atomic E-state index is -4.98. The van der Waals surface area contributed by atoms with Gasteiger partial charge < -0.3 is 19.5 Å². The molecule has 1 aliphatic carbocycles. The second kappa shape index (κ2) is 13.6. The number of hydrogen-bond acceptors (Lipinski definition) is 7. The van der Waals surface area contributed by atoms with Gasteiger partial charge >= 0.3 is 18.6 Å². The van der Waals surface area contributed by atoms with E-state index in [2.05, 4.69) is 19.4 Å². The highest BCUT2D eigenvalue weighted by atomic mass is 35.5. The van der Waals surface area contributed by atoms with Crippen LogP contribution in [0.25, 0.3) is 0 Å². The summed E-state index contributed by atoms with van der Waals surface area (Å²) in [6.45, 7) is -0.0804. The normalized spacial score (nSPS) is 15.0. The van der Waals surface area contributed by atoms with Gasteiger partial charge in [-0.05, 0) is 66.9 Å². The van der Waals surface area contributed by atoms with Crippen molar-refractivity contribution >= 4 is 39.0 Å². The Hall–Kier alpha value is -4.83. The summed E-state index contributed by atoms with van der Waals surface area (Å²) in [4.78, 5) is 30.2. The molecule has 1 saturated carbocycles. The quantitative estimate of drug-likeness (QED) is 0.171. The third-order valence-corrected chi connectivity index (χ3v) is 10.1. The molecule has 4 aromatic rings. The first kappa shape index (κ1) is 35.5. The minimum Gasteiger partial charge on any atom is -0.457 e. The number of amides is 2. The number of pyridine rings is 1. The number of alkyl halides is 6. The molecule has 0 bridgehead atoms. The van der Waals surface area contributed by atoms with E-state index in [1.807, 2.05) is 0 Å². The molecular weight excluding hydrogens is 704 g/mol. The lowest BCUT2D eigenvalue weighted by atomic mass is 10.1. The summed E-state index contributed by atoms with van der Waals surface area (Å²) in [5.74, 6) is -2.42. The number of carbonyl (C=O) groups excluding carboxylic acids is 2. The SMILES string of the molecule is CS(=O)(=NC(=O)OCc1ccccc1)C1(c2cc(NC(=O)c3cc(Cl)c(C(F)(F)F)cc3Oc3ccc(OC(F)(F)F)cc3)ccn2)CC1. The Kier molecular flexibility index (Phi) is 9.84. The lowest BCUT2D eigenvalue weighted by Gasteiger charge is -2.18. The molecule has 0 saturated heterocycles. The van der Waals surface area contributed by atoms with E-state index in [1.54, 1.807) is 30.3 Å². The van der Waals surface area contributed by atoms with Crippen molar-refractivity contribution in [3.8, 4) is 17.2 Å². The number of nitrogens with one attached hydrogen (secondary N) is 1. The second-order valence-electron chi connectivity index (χ2n) is 10.8. The third kappa shape index (κ3) is 8.61. The van der Waals surface area contributed by atoms with Gasteiger partial charge in [-0.1, -0.05) is 41.9 Å². The molecule has 0 spiro atoms. The number of hydrogen-bond donors (Lipinski definition) is 1. The van der Waals surface area contributed by atoms with Crippen molar-refractivity contribution in [3.05, 3.63) is 112 Å². The van der Waals surface area contributed by atoms with E-state index in [9.17, 15) is 40.1 Å². The van der Waals surface area contributed by atoms with E-state index >= 15 is 0 Å². The molecule has 9 nitrogen and oxygen atoms in total. The Morgan fingerprint density at radius 3 is 2.22 bits per heavy atom. The molecule has 1 atom stereocenters. The van der Waals surface area contributed by atoms with E-state index < -0.39 is 66.7 Å². The van der Waals surface area contributed by atoms with Gasteiger partial charge in [-0.2, -0.15) is 13.2 Å². The molecule has 0 radical (unpaired) electrons. The maximum Gasteiger partial charge on any atom is 0.573 e. The van der Waals surface area contributed by atoms with Gasteiger partial charge in [0.2, 0.25) is 0 Å². The Morgan fingerprint density at radius 1 is 0.959 bits per heavy atom. The van der Waals surface area contributed by atoms with E-state index in [0.717, 1.165) is 30.3 Å². The zero-order valence-corrected chi connectivity index (χ0v) is 26.7. The summed E-state index contributed by atoms with van der Waals surface area (Å²) in [6.07, 6.45) is -7.65. The molecule has 17 heteroatoms. The molecule has 1 aromatic heterocycles. The molecule has 49 heavy (non-hydrogen) atoms. The Bertz CT molecular complexity index is 2000. The largest absolute Gasteiger partial charge is 0.573 e. The molecule has 1 fully saturated rings. The summed E-state index contributed by atoms with van der Waals surface area (Å²) < 4.78 is 110. The summed E-state index contributed by atoms with van der Waals surface area (Å²) in [6, 6.07) is 16.5. The van der Waals surface area contributed by atoms with Crippen molar-refractivity contribution in [2.24, 2.45) is 4.36 Å². The maximum absolute atomic E-state index is 13.7. The monoisotopic (exact) mass is 727 g/mol. The van der Waals surface area contributed by atoms with Crippen LogP contribution in [-0.2, 0) is 32.0 Å². The number of nitrogens with zero attached hydrogens (tertiary/aromatic N) is 2. The van der Waals surface area contributed by atoms with Crippen LogP contribution in [0.5, 0.6) is 17.2 Å². The number of halogens is 7. The van der Waals surface area contributed by atoms with Gasteiger partial charge in [0.25, 0.3) is 5.91 Å². The molecule has 5 rings (SSSR count). The van der Waals surface area contributed by atoms with Crippen LogP contribution in [0.4, 0.5) is 36.8 Å². The van der Waals surface area contributed by atoms with Crippen LogP contribution in [0.15, 0.2) is 89.4 Å². The van der Waals surface area contributed by atoms with E-state index in [1.165, 1.54) is 24.6 Å². The van der Waals surface area contributed by atoms with Crippen molar-refractivity contribution in [1.29, 1.82) is 0 Å². The lowest BCUT2D eigenvalue weighted by Crippen LogP contribution is -2.23. The predicted molar refractivity (Wildman–Crippen MR) is 166 cm³/mol. The van der Waals surface area contributed by atoms with Crippen molar-refractivity contribution in [2.75, 3.05) is 11.6 Å². The fraction of sp³-hybridized carbons (Fsp3) is 0.219. The van der Waals surface area contributed by atoms with Crippen molar-refractivity contribution in [3.63, 3.8) is 0 Å². The molecule has 2 amide bonds. The van der Waals surface area contributed by atoms with Crippen molar-refractivity contribution in [2.45, 2.75) is 36.7 Å². The van der Waals surface area contributed by atoms with Gasteiger partial charge in [0, 0.05) is 18.1 Å². The number of carbonyl (C=O) groups is 2. The zero-order chi connectivity index (χ0) is 35.6. The van der Waals surface area contributed by atoms with Crippen LogP contribution < -0.4 is 14.8 Å². The first-order chi connectivity index (χ1) is 23.0. The Labute approximate surface area is 280 Å². The third-order valence-electron chi connectivity index (χ3n) is 7.27. The molecule has 1 N–H and O–H groups in total. The van der Waals surface area contributed by atoms with Crippen molar-refractivity contribution < 1.29 is 54.4 Å². The summed E-state index contributed by atoms with van der Waals surface area (Å²) in [7, 11) is -3.27. The zero-order valence-electron chi connectivity index (χ0n) is 25.1. The minimum absolute atomic E-state index is 0.0804. The van der Waals surface area contributed by atoms with Crippen LogP contribution in [0.2, 0.25) is 5.02 Å². The van der Waals surface area contributed by atoms with Crippen LogP contribution in [0.1, 0.15) is 40.0 Å². The fourth-order valence-electron chi connectivity index (χ4n) is 4.74. The summed E-state index contributed by atoms with van der Waals surface area (Å²) in [5.41, 5.74) is -0.748. The van der Waals surface area contributed by atoms with Crippen LogP contribution in [0, 0.1) is 0 Å². The van der Waals surface area contributed by atoms with Gasteiger partial charge in [-0.25, -0.2) is 9.00 Å². The summed E-state index contributed by atoms with van der Waals surface area (Å²) in [5, 5.41) is 1.70. The second-order valence-corrected chi connectivity index (χ2v) is 13.7. The van der Waals surface area contributed by atoms with Gasteiger partial charge in [0.05, 0.1) is 36.3 Å². The van der Waals surface area contributed by atoms with Crippen molar-refractivity contribution in [1.82, 2.24) is 4.98 Å². The smallest absolute Gasteiger partial charge is 0.457 e. The molecule has 0 aliphatic heterocycles. The maximum atomic E-state index is 13.7. The van der Waals surface area contributed by atoms with E-state index in [0.29, 0.717) is 24.5 Å². The molecule has 1 aliphatic rings. The van der Waals surface area contributed by atoms with Gasteiger partial charge in [0.1, 0.15) is 23.9 Å². The van der Waals surface area contributed by atoms with E-state index in [-0.39, 0.29) is 23.7 Å². The first-order valence-corrected chi connectivity index (χ1v) is 16.4. The number of anilines is 1. The van der Waals surface area contributed by atoms with Crippen LogP contribution >= 0.6 is 11.6 Å². The lowest BCUT2D eigenvalue weighted by molar-refractivity contribution is -0.274. The molecular formula is C32H24ClF6N3O6S. The highest BCUT2D eigenvalue weighted by Gasteiger charge is 2.54. The number of rotatable bonds is 9. The van der Waals surface area contributed by atoms with Crippen LogP contribution in [-0.4, -0.2) is 33.8 Å². The fourth-order valence-corrected chi connectivity index (χ4v) is 6.88. The molecule has 1 unspecified atom stereocenters. The predicted octanol–water partition coefficient (Wildman–Crippen LogP) is 9.12. The highest BCUT2D eigenvalue weighted by molar-refractivity contribution is 7.94. The van der Waals surface area contributed by atoms with Gasteiger partial charge in [-0.15, -0.1) is 17.5 Å². The average molecular weight is 728 g/mol. The number of benzene rings is 3. The van der Waals surface area contributed by atoms with Crippen LogP contribution in [0.3, 0.4) is 0 Å². The number of ether oxygens (including phenoxy) is 3. The Balaban J connectivity index is 1.38. The highest BCUT2D eigenvalue weighted by Crippen LogP contribution is 2.53. The Morgan fingerprint density at radius 2 is 1.61 bits per heavy atom. The molecule has 3 aromatic carbocycles. The summed E-state index contributed by atoms with van der Waals surface area (Å²) >= 11 is 5.89. The standard InChI is InChI=1S/C32H24ClF6N3O6S/c1-49(45,42-29(44)46-18-19-5-3-2-4-6-19)30(12-13-30)27-15-20(11-14-40-27)41-28(43)23-16-25(33)24(31(34,35)36)17-26(23)47-21-7-9-22(10-8-21)48-32(37,38)39/h2-11,14-17H,12-13,18H2,1H3,(H,40,41,43). The number of aromatic nitrogens is 1. The topological polar surface area (TPSA) is 116 Å². The average Bonchev–Trinajstić information content (AvgIpc) is 3.84.